The Morgan fingerprint density at radius 3 is 2.20 bits per heavy atom. The molecule has 0 unspecified atom stereocenters. The minimum Gasteiger partial charge on any atom is -0.333 e. The van der Waals surface area contributed by atoms with Gasteiger partial charge in [0.25, 0.3) is 0 Å². The quantitative estimate of drug-likeness (QED) is 0.750. The maximum Gasteiger partial charge on any atom is 0.317 e. The molecule has 1 fully saturated rings. The fraction of sp³-hybridized carbons (Fsp3) is 0.917. The third kappa shape index (κ3) is 4.10. The van der Waals surface area contributed by atoms with E-state index in [1.807, 2.05) is 4.90 Å². The van der Waals surface area contributed by atoms with E-state index in [0.717, 1.165) is 32.4 Å². The number of carbonyl (C=O) groups excluding carboxylic acids is 1. The summed E-state index contributed by atoms with van der Waals surface area (Å²) in [5.41, 5.74) is -0.0800. The molecule has 3 nitrogen and oxygen atoms in total. The SMILES string of the molecule is CCC(C)(C)NC(=O)N1CCCCCC1. The normalized spacial score (nSPS) is 18.5. The van der Waals surface area contributed by atoms with Gasteiger partial charge in [-0.25, -0.2) is 4.79 Å². The molecule has 2 amide bonds. The van der Waals surface area contributed by atoms with E-state index in [1.165, 1.54) is 12.8 Å². The molecule has 1 heterocycles. The van der Waals surface area contributed by atoms with E-state index in [4.69, 9.17) is 0 Å². The van der Waals surface area contributed by atoms with Gasteiger partial charge in [-0.3, -0.25) is 0 Å². The molecular formula is C12H24N2O. The first-order valence-electron chi connectivity index (χ1n) is 6.12. The van der Waals surface area contributed by atoms with E-state index < -0.39 is 0 Å². The summed E-state index contributed by atoms with van der Waals surface area (Å²) in [5.74, 6) is 0. The highest BCUT2D eigenvalue weighted by Crippen LogP contribution is 2.12. The lowest BCUT2D eigenvalue weighted by Gasteiger charge is -2.29. The van der Waals surface area contributed by atoms with Crippen LogP contribution >= 0.6 is 0 Å². The van der Waals surface area contributed by atoms with Crippen LogP contribution in [-0.4, -0.2) is 29.6 Å². The molecule has 1 aliphatic rings. The van der Waals surface area contributed by atoms with Crippen LogP contribution in [0, 0.1) is 0 Å². The zero-order chi connectivity index (χ0) is 11.3. The summed E-state index contributed by atoms with van der Waals surface area (Å²) in [6, 6.07) is 0.115. The lowest BCUT2D eigenvalue weighted by molar-refractivity contribution is 0.187. The van der Waals surface area contributed by atoms with Gasteiger partial charge in [0.2, 0.25) is 0 Å². The molecule has 15 heavy (non-hydrogen) atoms. The van der Waals surface area contributed by atoms with E-state index in [2.05, 4.69) is 26.1 Å². The van der Waals surface area contributed by atoms with Crippen molar-refractivity contribution in [2.75, 3.05) is 13.1 Å². The van der Waals surface area contributed by atoms with Crippen LogP contribution in [0.5, 0.6) is 0 Å². The van der Waals surface area contributed by atoms with Crippen molar-refractivity contribution in [1.82, 2.24) is 10.2 Å². The van der Waals surface area contributed by atoms with Crippen LogP contribution in [0.25, 0.3) is 0 Å². The maximum atomic E-state index is 11.9. The first-order chi connectivity index (χ1) is 7.05. The van der Waals surface area contributed by atoms with Gasteiger partial charge in [-0.2, -0.15) is 0 Å². The summed E-state index contributed by atoms with van der Waals surface area (Å²) in [6.45, 7) is 8.09. The van der Waals surface area contributed by atoms with Gasteiger partial charge >= 0.3 is 6.03 Å². The number of likely N-dealkylation sites (tertiary alicyclic amines) is 1. The standard InChI is InChI=1S/C12H24N2O/c1-4-12(2,3)13-11(15)14-9-7-5-6-8-10-14/h4-10H2,1-3H3,(H,13,15). The van der Waals surface area contributed by atoms with Crippen molar-refractivity contribution in [2.45, 2.75) is 58.4 Å². The Hall–Kier alpha value is -0.730. The van der Waals surface area contributed by atoms with Gasteiger partial charge in [-0.15, -0.1) is 0 Å². The third-order valence-electron chi connectivity index (χ3n) is 3.22. The van der Waals surface area contributed by atoms with Gasteiger partial charge in [-0.1, -0.05) is 19.8 Å². The van der Waals surface area contributed by atoms with Gasteiger partial charge in [0.15, 0.2) is 0 Å². The fourth-order valence-corrected chi connectivity index (χ4v) is 1.73. The van der Waals surface area contributed by atoms with E-state index in [0.29, 0.717) is 0 Å². The number of amides is 2. The zero-order valence-electron chi connectivity index (χ0n) is 10.3. The van der Waals surface area contributed by atoms with Gasteiger partial charge in [0.1, 0.15) is 0 Å². The van der Waals surface area contributed by atoms with Crippen LogP contribution < -0.4 is 5.32 Å². The Morgan fingerprint density at radius 1 is 1.20 bits per heavy atom. The van der Waals surface area contributed by atoms with Crippen LogP contribution in [0.4, 0.5) is 4.79 Å². The monoisotopic (exact) mass is 212 g/mol. The first kappa shape index (κ1) is 12.3. The lowest BCUT2D eigenvalue weighted by Crippen LogP contribution is -2.50. The highest BCUT2D eigenvalue weighted by Gasteiger charge is 2.22. The Morgan fingerprint density at radius 2 is 1.73 bits per heavy atom. The summed E-state index contributed by atoms with van der Waals surface area (Å²) in [7, 11) is 0. The molecular weight excluding hydrogens is 188 g/mol. The van der Waals surface area contributed by atoms with Gasteiger partial charge in [0, 0.05) is 18.6 Å². The topological polar surface area (TPSA) is 32.3 Å². The second-order valence-corrected chi connectivity index (χ2v) is 5.07. The van der Waals surface area contributed by atoms with Crippen molar-refractivity contribution in [3.63, 3.8) is 0 Å². The molecule has 0 aliphatic carbocycles. The van der Waals surface area contributed by atoms with Crippen molar-refractivity contribution >= 4 is 6.03 Å². The number of carbonyl (C=O) groups is 1. The average Bonchev–Trinajstić information content (AvgIpc) is 2.45. The smallest absolute Gasteiger partial charge is 0.317 e. The van der Waals surface area contributed by atoms with Gasteiger partial charge < -0.3 is 10.2 Å². The second kappa shape index (κ2) is 5.38. The summed E-state index contributed by atoms with van der Waals surface area (Å²) in [5, 5.41) is 3.09. The minimum absolute atomic E-state index is 0.0800. The summed E-state index contributed by atoms with van der Waals surface area (Å²) >= 11 is 0. The van der Waals surface area contributed by atoms with Crippen molar-refractivity contribution in [2.24, 2.45) is 0 Å². The van der Waals surface area contributed by atoms with Crippen molar-refractivity contribution in [3.8, 4) is 0 Å². The zero-order valence-corrected chi connectivity index (χ0v) is 10.3. The largest absolute Gasteiger partial charge is 0.333 e. The molecule has 88 valence electrons. The Balaban J connectivity index is 2.44. The maximum absolute atomic E-state index is 11.9. The van der Waals surface area contributed by atoms with Crippen molar-refractivity contribution < 1.29 is 4.79 Å². The number of nitrogens with one attached hydrogen (secondary N) is 1. The highest BCUT2D eigenvalue weighted by molar-refractivity contribution is 5.75. The molecule has 1 N–H and O–H groups in total. The van der Waals surface area contributed by atoms with Crippen LogP contribution in [0.3, 0.4) is 0 Å². The molecule has 0 aromatic rings. The number of rotatable bonds is 2. The molecule has 0 saturated carbocycles. The predicted molar refractivity (Wildman–Crippen MR) is 62.9 cm³/mol. The summed E-state index contributed by atoms with van der Waals surface area (Å²) < 4.78 is 0. The molecule has 0 atom stereocenters. The summed E-state index contributed by atoms with van der Waals surface area (Å²) in [6.07, 6.45) is 5.80. The predicted octanol–water partition coefficient (Wildman–Crippen LogP) is 2.76. The highest BCUT2D eigenvalue weighted by atomic mass is 16.2. The Bertz CT molecular complexity index is 206. The van der Waals surface area contributed by atoms with Crippen molar-refractivity contribution in [3.05, 3.63) is 0 Å². The second-order valence-electron chi connectivity index (χ2n) is 5.07. The van der Waals surface area contributed by atoms with Crippen LogP contribution in [-0.2, 0) is 0 Å². The molecule has 1 aliphatic heterocycles. The van der Waals surface area contributed by atoms with Gasteiger partial charge in [0.05, 0.1) is 0 Å². The molecule has 1 rings (SSSR count). The Labute approximate surface area is 93.2 Å². The minimum atomic E-state index is -0.0800. The number of hydrogen-bond donors (Lipinski definition) is 1. The molecule has 0 radical (unpaired) electrons. The lowest BCUT2D eigenvalue weighted by atomic mass is 10.0. The van der Waals surface area contributed by atoms with Gasteiger partial charge in [-0.05, 0) is 33.1 Å². The fourth-order valence-electron chi connectivity index (χ4n) is 1.73. The molecule has 0 aromatic carbocycles. The Kier molecular flexibility index (Phi) is 4.43. The molecule has 0 bridgehead atoms. The van der Waals surface area contributed by atoms with E-state index in [9.17, 15) is 4.79 Å². The average molecular weight is 212 g/mol. The molecule has 0 spiro atoms. The number of nitrogens with zero attached hydrogens (tertiary/aromatic N) is 1. The van der Waals surface area contributed by atoms with Crippen LogP contribution in [0.1, 0.15) is 52.9 Å². The van der Waals surface area contributed by atoms with E-state index >= 15 is 0 Å². The van der Waals surface area contributed by atoms with Crippen molar-refractivity contribution in [1.29, 1.82) is 0 Å². The van der Waals surface area contributed by atoms with Crippen LogP contribution in [0.15, 0.2) is 0 Å². The molecule has 1 saturated heterocycles. The molecule has 0 aromatic heterocycles. The summed E-state index contributed by atoms with van der Waals surface area (Å²) in [4.78, 5) is 13.9. The first-order valence-corrected chi connectivity index (χ1v) is 6.12. The van der Waals surface area contributed by atoms with E-state index in [-0.39, 0.29) is 11.6 Å². The number of urea groups is 1. The third-order valence-corrected chi connectivity index (χ3v) is 3.22. The molecule has 3 heteroatoms. The van der Waals surface area contributed by atoms with Crippen LogP contribution in [0.2, 0.25) is 0 Å². The number of hydrogen-bond acceptors (Lipinski definition) is 1. The van der Waals surface area contributed by atoms with E-state index in [1.54, 1.807) is 0 Å².